The van der Waals surface area contributed by atoms with Gasteiger partial charge in [-0.15, -0.1) is 11.3 Å². The van der Waals surface area contributed by atoms with E-state index >= 15 is 0 Å². The van der Waals surface area contributed by atoms with E-state index in [1.54, 1.807) is 44.4 Å². The number of carbonyl (C=O) groups excluding carboxylic acids is 2. The summed E-state index contributed by atoms with van der Waals surface area (Å²) in [6.07, 6.45) is -0.851. The highest BCUT2D eigenvalue weighted by Crippen LogP contribution is 2.26. The van der Waals surface area contributed by atoms with Crippen LogP contribution in [0.25, 0.3) is 10.1 Å². The van der Waals surface area contributed by atoms with Gasteiger partial charge in [-0.25, -0.2) is 4.79 Å². The molecule has 3 rings (SSSR count). The third-order valence-corrected chi connectivity index (χ3v) is 4.75. The molecule has 1 heterocycles. The van der Waals surface area contributed by atoms with Crippen LogP contribution >= 0.6 is 11.3 Å². The number of benzene rings is 2. The number of carbonyl (C=O) groups is 2. The summed E-state index contributed by atoms with van der Waals surface area (Å²) in [7, 11) is 1.56. The lowest BCUT2D eigenvalue weighted by atomic mass is 10.1. The van der Waals surface area contributed by atoms with E-state index in [9.17, 15) is 9.59 Å². The number of thiophene rings is 1. The predicted molar refractivity (Wildman–Crippen MR) is 94.0 cm³/mol. The molecule has 0 bridgehead atoms. The number of Topliss-reactive ketones (excluding diaryl/α,β-unsaturated/α-hetero) is 1. The monoisotopic (exact) mass is 340 g/mol. The van der Waals surface area contributed by atoms with Gasteiger partial charge in [-0.1, -0.05) is 18.2 Å². The van der Waals surface area contributed by atoms with E-state index in [4.69, 9.17) is 9.47 Å². The molecule has 0 fully saturated rings. The first-order chi connectivity index (χ1) is 11.6. The second kappa shape index (κ2) is 6.84. The summed E-state index contributed by atoms with van der Waals surface area (Å²) in [6.45, 7) is 1.58. The normalized spacial score (nSPS) is 11.9. The van der Waals surface area contributed by atoms with Crippen LogP contribution in [0.1, 0.15) is 27.0 Å². The Morgan fingerprint density at radius 3 is 2.42 bits per heavy atom. The van der Waals surface area contributed by atoms with Crippen molar-refractivity contribution in [3.8, 4) is 5.75 Å². The second-order valence-electron chi connectivity index (χ2n) is 5.29. The van der Waals surface area contributed by atoms with Gasteiger partial charge in [0.05, 0.1) is 7.11 Å². The van der Waals surface area contributed by atoms with Gasteiger partial charge < -0.3 is 9.47 Å². The fourth-order valence-electron chi connectivity index (χ4n) is 2.34. The van der Waals surface area contributed by atoms with Gasteiger partial charge in [0.25, 0.3) is 0 Å². The Bertz CT molecular complexity index is 847. The summed E-state index contributed by atoms with van der Waals surface area (Å²) in [5.41, 5.74) is 0.479. The third kappa shape index (κ3) is 3.31. The van der Waals surface area contributed by atoms with Crippen LogP contribution in [0.2, 0.25) is 0 Å². The fourth-order valence-corrected chi connectivity index (χ4v) is 3.29. The van der Waals surface area contributed by atoms with Crippen molar-refractivity contribution in [3.63, 3.8) is 0 Å². The summed E-state index contributed by atoms with van der Waals surface area (Å²) in [5, 5.41) is 0.989. The minimum atomic E-state index is -0.851. The molecule has 0 radical (unpaired) electrons. The number of ketones is 1. The number of rotatable bonds is 5. The molecule has 2 aromatic carbocycles. The van der Waals surface area contributed by atoms with E-state index in [1.807, 2.05) is 24.3 Å². The molecule has 0 aliphatic carbocycles. The molecule has 4 nitrogen and oxygen atoms in total. The van der Waals surface area contributed by atoms with Crippen molar-refractivity contribution in [2.24, 2.45) is 0 Å². The Morgan fingerprint density at radius 2 is 1.75 bits per heavy atom. The van der Waals surface area contributed by atoms with Crippen LogP contribution in [0.3, 0.4) is 0 Å². The van der Waals surface area contributed by atoms with E-state index in [0.717, 1.165) is 10.1 Å². The van der Waals surface area contributed by atoms with Crippen molar-refractivity contribution in [2.75, 3.05) is 7.11 Å². The quantitative estimate of drug-likeness (QED) is 0.512. The minimum Gasteiger partial charge on any atom is -0.497 e. The summed E-state index contributed by atoms with van der Waals surface area (Å²) in [5.74, 6) is -0.0563. The average Bonchev–Trinajstić information content (AvgIpc) is 3.05. The van der Waals surface area contributed by atoms with Gasteiger partial charge in [0.2, 0.25) is 5.78 Å². The van der Waals surface area contributed by atoms with Crippen molar-refractivity contribution in [1.29, 1.82) is 0 Å². The Kier molecular flexibility index (Phi) is 4.62. The molecule has 5 heteroatoms. The Labute approximate surface area is 143 Å². The Morgan fingerprint density at radius 1 is 1.04 bits per heavy atom. The minimum absolute atomic E-state index is 0.243. The molecule has 0 N–H and O–H groups in total. The molecule has 122 valence electrons. The molecular formula is C19H16O4S. The van der Waals surface area contributed by atoms with Crippen LogP contribution in [-0.4, -0.2) is 25.0 Å². The van der Waals surface area contributed by atoms with Crippen LogP contribution in [0.15, 0.2) is 54.6 Å². The van der Waals surface area contributed by atoms with E-state index in [2.05, 4.69) is 0 Å². The highest BCUT2D eigenvalue weighted by molar-refractivity contribution is 7.20. The Hall–Kier alpha value is -2.66. The largest absolute Gasteiger partial charge is 0.497 e. The maximum absolute atomic E-state index is 12.4. The van der Waals surface area contributed by atoms with Gasteiger partial charge in [0.15, 0.2) is 6.10 Å². The standard InChI is InChI=1S/C19H16O4S/c1-12(18(20)13-7-9-15(22-2)10-8-13)23-19(21)17-11-14-5-3-4-6-16(14)24-17/h3-12H,1-2H3/t12-/m1/s1. The van der Waals surface area contributed by atoms with E-state index in [-0.39, 0.29) is 5.78 Å². The van der Waals surface area contributed by atoms with Crippen molar-refractivity contribution >= 4 is 33.2 Å². The molecule has 0 spiro atoms. The average molecular weight is 340 g/mol. The predicted octanol–water partition coefficient (Wildman–Crippen LogP) is 4.34. The molecule has 0 amide bonds. The molecule has 0 aliphatic rings. The lowest BCUT2D eigenvalue weighted by Gasteiger charge is -2.11. The van der Waals surface area contributed by atoms with Gasteiger partial charge in [0, 0.05) is 10.3 Å². The fraction of sp³-hybridized carbons (Fsp3) is 0.158. The number of ether oxygens (including phenoxy) is 2. The highest BCUT2D eigenvalue weighted by atomic mass is 32.1. The summed E-state index contributed by atoms with van der Waals surface area (Å²) < 4.78 is 11.4. The third-order valence-electron chi connectivity index (χ3n) is 3.65. The van der Waals surface area contributed by atoms with Crippen molar-refractivity contribution in [3.05, 3.63) is 65.0 Å². The molecule has 24 heavy (non-hydrogen) atoms. The number of esters is 1. The van der Waals surface area contributed by atoms with Crippen molar-refractivity contribution < 1.29 is 19.1 Å². The van der Waals surface area contributed by atoms with Gasteiger partial charge in [-0.05, 0) is 48.7 Å². The van der Waals surface area contributed by atoms with Crippen LogP contribution < -0.4 is 4.74 Å². The maximum atomic E-state index is 12.4. The molecule has 0 aliphatic heterocycles. The topological polar surface area (TPSA) is 52.6 Å². The number of hydrogen-bond acceptors (Lipinski definition) is 5. The van der Waals surface area contributed by atoms with Crippen LogP contribution in [-0.2, 0) is 4.74 Å². The van der Waals surface area contributed by atoms with Crippen LogP contribution in [0, 0.1) is 0 Å². The van der Waals surface area contributed by atoms with E-state index < -0.39 is 12.1 Å². The van der Waals surface area contributed by atoms with Crippen LogP contribution in [0.5, 0.6) is 5.75 Å². The first kappa shape index (κ1) is 16.2. The second-order valence-corrected chi connectivity index (χ2v) is 6.37. The first-order valence-corrected chi connectivity index (χ1v) is 8.28. The molecule has 0 saturated heterocycles. The van der Waals surface area contributed by atoms with Crippen LogP contribution in [0.4, 0.5) is 0 Å². The van der Waals surface area contributed by atoms with Crippen molar-refractivity contribution in [2.45, 2.75) is 13.0 Å². The van der Waals surface area contributed by atoms with Gasteiger partial charge >= 0.3 is 5.97 Å². The number of fused-ring (bicyclic) bond motifs is 1. The molecular weight excluding hydrogens is 324 g/mol. The summed E-state index contributed by atoms with van der Waals surface area (Å²) in [4.78, 5) is 25.1. The zero-order chi connectivity index (χ0) is 17.1. The number of hydrogen-bond donors (Lipinski definition) is 0. The lowest BCUT2D eigenvalue weighted by Crippen LogP contribution is -2.24. The lowest BCUT2D eigenvalue weighted by molar-refractivity contribution is 0.0323. The molecule has 3 aromatic rings. The zero-order valence-electron chi connectivity index (χ0n) is 13.3. The number of methoxy groups -OCH3 is 1. The maximum Gasteiger partial charge on any atom is 0.349 e. The summed E-state index contributed by atoms with van der Waals surface area (Å²) >= 11 is 1.36. The van der Waals surface area contributed by atoms with E-state index in [0.29, 0.717) is 16.2 Å². The molecule has 0 unspecified atom stereocenters. The van der Waals surface area contributed by atoms with Gasteiger partial charge in [0.1, 0.15) is 10.6 Å². The highest BCUT2D eigenvalue weighted by Gasteiger charge is 2.21. The smallest absolute Gasteiger partial charge is 0.349 e. The molecule has 1 atom stereocenters. The van der Waals surface area contributed by atoms with E-state index in [1.165, 1.54) is 11.3 Å². The zero-order valence-corrected chi connectivity index (χ0v) is 14.1. The Balaban J connectivity index is 1.71. The van der Waals surface area contributed by atoms with Gasteiger partial charge in [-0.2, -0.15) is 0 Å². The first-order valence-electron chi connectivity index (χ1n) is 7.46. The molecule has 1 aromatic heterocycles. The SMILES string of the molecule is COc1ccc(C(=O)[C@@H](C)OC(=O)c2cc3ccccc3s2)cc1. The van der Waals surface area contributed by atoms with Crippen molar-refractivity contribution in [1.82, 2.24) is 0 Å². The van der Waals surface area contributed by atoms with Gasteiger partial charge in [-0.3, -0.25) is 4.79 Å². The molecule has 0 saturated carbocycles. The summed E-state index contributed by atoms with van der Waals surface area (Å²) in [6, 6.07) is 16.2.